The smallest absolute Gasteiger partial charge is 0.272 e. The first-order chi connectivity index (χ1) is 9.16. The third-order valence-corrected chi connectivity index (χ3v) is 3.08. The molecule has 2 N–H and O–H groups in total. The molecule has 0 aliphatic carbocycles. The van der Waals surface area contributed by atoms with Gasteiger partial charge in [-0.1, -0.05) is 12.1 Å². The summed E-state index contributed by atoms with van der Waals surface area (Å²) in [4.78, 5) is 11.8. The second-order valence-corrected chi connectivity index (χ2v) is 4.62. The second kappa shape index (κ2) is 6.15. The Labute approximate surface area is 118 Å². The van der Waals surface area contributed by atoms with Crippen molar-refractivity contribution >= 4 is 28.1 Å². The molecule has 96 valence electrons. The second-order valence-electron chi connectivity index (χ2n) is 3.77. The number of nitrogens with one attached hydrogen (secondary N) is 1. The molecule has 2 aromatic carbocycles. The summed E-state index contributed by atoms with van der Waals surface area (Å²) < 4.78 is 0.715. The Hall–Kier alpha value is -2.14. The van der Waals surface area contributed by atoms with Gasteiger partial charge in [-0.2, -0.15) is 5.10 Å². The summed E-state index contributed by atoms with van der Waals surface area (Å²) in [6, 6.07) is 13.6. The van der Waals surface area contributed by atoms with Crippen LogP contribution in [0.5, 0.6) is 5.75 Å². The average Bonchev–Trinajstić information content (AvgIpc) is 2.41. The van der Waals surface area contributed by atoms with Crippen LogP contribution in [0.3, 0.4) is 0 Å². The van der Waals surface area contributed by atoms with Gasteiger partial charge in [0.05, 0.1) is 11.8 Å². The molecule has 0 fully saturated rings. The lowest BCUT2D eigenvalue weighted by Crippen LogP contribution is -2.18. The number of aromatic hydroxyl groups is 1. The molecule has 4 nitrogen and oxygen atoms in total. The fourth-order valence-corrected chi connectivity index (χ4v) is 1.90. The number of hydrogen-bond acceptors (Lipinski definition) is 3. The molecule has 2 aromatic rings. The van der Waals surface area contributed by atoms with Crippen LogP contribution in [0.1, 0.15) is 15.9 Å². The summed E-state index contributed by atoms with van der Waals surface area (Å²) in [5, 5.41) is 13.0. The lowest BCUT2D eigenvalue weighted by atomic mass is 10.2. The number of nitrogens with zero attached hydrogens (tertiary/aromatic N) is 1. The van der Waals surface area contributed by atoms with Gasteiger partial charge in [-0.25, -0.2) is 5.43 Å². The maximum atomic E-state index is 11.8. The Balaban J connectivity index is 2.01. The minimum absolute atomic E-state index is 0.189. The van der Waals surface area contributed by atoms with Crippen LogP contribution in [0.2, 0.25) is 0 Å². The van der Waals surface area contributed by atoms with Crippen molar-refractivity contribution in [3.8, 4) is 5.75 Å². The minimum Gasteiger partial charge on any atom is -0.508 e. The van der Waals surface area contributed by atoms with E-state index in [1.165, 1.54) is 6.21 Å². The number of benzene rings is 2. The Morgan fingerprint density at radius 1 is 1.16 bits per heavy atom. The van der Waals surface area contributed by atoms with Gasteiger partial charge in [0.15, 0.2) is 0 Å². The highest BCUT2D eigenvalue weighted by Crippen LogP contribution is 2.15. The van der Waals surface area contributed by atoms with E-state index >= 15 is 0 Å². The number of phenols is 1. The van der Waals surface area contributed by atoms with Crippen molar-refractivity contribution in [3.63, 3.8) is 0 Å². The molecule has 0 aliphatic rings. The molecule has 0 unspecified atom stereocenters. The Morgan fingerprint density at radius 2 is 1.84 bits per heavy atom. The third-order valence-electron chi connectivity index (χ3n) is 2.39. The van der Waals surface area contributed by atoms with Crippen molar-refractivity contribution in [2.75, 3.05) is 0 Å². The molecule has 0 saturated heterocycles. The van der Waals surface area contributed by atoms with Crippen molar-refractivity contribution in [1.82, 2.24) is 5.43 Å². The maximum absolute atomic E-state index is 11.8. The number of phenolic OH excluding ortho intramolecular Hbond substituents is 1. The van der Waals surface area contributed by atoms with Gasteiger partial charge in [0.1, 0.15) is 5.75 Å². The van der Waals surface area contributed by atoms with Gasteiger partial charge >= 0.3 is 0 Å². The van der Waals surface area contributed by atoms with E-state index in [4.69, 9.17) is 5.11 Å². The van der Waals surface area contributed by atoms with Crippen LogP contribution in [0.15, 0.2) is 58.1 Å². The van der Waals surface area contributed by atoms with E-state index in [0.29, 0.717) is 10.0 Å². The third kappa shape index (κ3) is 3.66. The number of rotatable bonds is 3. The number of hydrazone groups is 1. The van der Waals surface area contributed by atoms with E-state index in [-0.39, 0.29) is 11.7 Å². The first-order valence-electron chi connectivity index (χ1n) is 5.54. The molecule has 0 radical (unpaired) electrons. The van der Waals surface area contributed by atoms with E-state index in [1.54, 1.807) is 42.5 Å². The molecule has 0 aliphatic heterocycles. The zero-order valence-corrected chi connectivity index (χ0v) is 11.5. The molecule has 0 heterocycles. The number of amides is 1. The van der Waals surface area contributed by atoms with Crippen LogP contribution < -0.4 is 5.43 Å². The standard InChI is InChI=1S/C14H11BrN2O2/c15-13-4-2-1-3-12(13)14(19)17-16-9-10-5-7-11(18)8-6-10/h1-9,18H,(H,17,19). The minimum atomic E-state index is -0.289. The molecule has 0 atom stereocenters. The molecular weight excluding hydrogens is 308 g/mol. The highest BCUT2D eigenvalue weighted by atomic mass is 79.9. The van der Waals surface area contributed by atoms with Crippen LogP contribution >= 0.6 is 15.9 Å². The van der Waals surface area contributed by atoms with Gasteiger partial charge in [0.2, 0.25) is 0 Å². The number of hydrogen-bond donors (Lipinski definition) is 2. The molecular formula is C14H11BrN2O2. The Bertz CT molecular complexity index is 609. The summed E-state index contributed by atoms with van der Waals surface area (Å²) >= 11 is 3.30. The van der Waals surface area contributed by atoms with Gasteiger partial charge in [-0.05, 0) is 57.9 Å². The van der Waals surface area contributed by atoms with Crippen LogP contribution in [0.4, 0.5) is 0 Å². The Kier molecular flexibility index (Phi) is 4.30. The monoisotopic (exact) mass is 318 g/mol. The van der Waals surface area contributed by atoms with E-state index in [1.807, 2.05) is 6.07 Å². The van der Waals surface area contributed by atoms with Gasteiger partial charge < -0.3 is 5.11 Å². The van der Waals surface area contributed by atoms with E-state index < -0.39 is 0 Å². The molecule has 0 aromatic heterocycles. The molecule has 0 bridgehead atoms. The van der Waals surface area contributed by atoms with Gasteiger partial charge in [0.25, 0.3) is 5.91 Å². The quantitative estimate of drug-likeness (QED) is 0.675. The summed E-state index contributed by atoms with van der Waals surface area (Å²) in [6.07, 6.45) is 1.51. The molecule has 0 spiro atoms. The highest BCUT2D eigenvalue weighted by Gasteiger charge is 2.07. The first-order valence-corrected chi connectivity index (χ1v) is 6.33. The number of carbonyl (C=O) groups excluding carboxylic acids is 1. The topological polar surface area (TPSA) is 61.7 Å². The van der Waals surface area contributed by atoms with Crippen molar-refractivity contribution in [2.45, 2.75) is 0 Å². The van der Waals surface area contributed by atoms with Crippen molar-refractivity contribution in [3.05, 3.63) is 64.1 Å². The number of carbonyl (C=O) groups is 1. The number of halogens is 1. The largest absolute Gasteiger partial charge is 0.508 e. The maximum Gasteiger partial charge on any atom is 0.272 e. The van der Waals surface area contributed by atoms with E-state index in [0.717, 1.165) is 5.56 Å². The van der Waals surface area contributed by atoms with Gasteiger partial charge in [-0.3, -0.25) is 4.79 Å². The fourth-order valence-electron chi connectivity index (χ4n) is 1.43. The van der Waals surface area contributed by atoms with Crippen LogP contribution in [-0.4, -0.2) is 17.2 Å². The van der Waals surface area contributed by atoms with E-state index in [2.05, 4.69) is 26.5 Å². The fraction of sp³-hybridized carbons (Fsp3) is 0. The zero-order chi connectivity index (χ0) is 13.7. The van der Waals surface area contributed by atoms with Gasteiger partial charge in [0, 0.05) is 4.47 Å². The van der Waals surface area contributed by atoms with Gasteiger partial charge in [-0.15, -0.1) is 0 Å². The summed E-state index contributed by atoms with van der Waals surface area (Å²) in [5.41, 5.74) is 3.74. The predicted molar refractivity (Wildman–Crippen MR) is 77.3 cm³/mol. The zero-order valence-electron chi connectivity index (χ0n) is 9.88. The average molecular weight is 319 g/mol. The summed E-state index contributed by atoms with van der Waals surface area (Å²) in [7, 11) is 0. The van der Waals surface area contributed by atoms with Crippen molar-refractivity contribution in [2.24, 2.45) is 5.10 Å². The molecule has 0 saturated carbocycles. The summed E-state index contributed by atoms with van der Waals surface area (Å²) in [6.45, 7) is 0. The lowest BCUT2D eigenvalue weighted by Gasteiger charge is -2.01. The molecule has 2 rings (SSSR count). The van der Waals surface area contributed by atoms with Crippen molar-refractivity contribution < 1.29 is 9.90 Å². The SMILES string of the molecule is O=C(NN=Cc1ccc(O)cc1)c1ccccc1Br. The Morgan fingerprint density at radius 3 is 2.53 bits per heavy atom. The van der Waals surface area contributed by atoms with Crippen LogP contribution in [0.25, 0.3) is 0 Å². The highest BCUT2D eigenvalue weighted by molar-refractivity contribution is 9.10. The van der Waals surface area contributed by atoms with Crippen molar-refractivity contribution in [1.29, 1.82) is 0 Å². The molecule has 19 heavy (non-hydrogen) atoms. The van der Waals surface area contributed by atoms with Crippen LogP contribution in [-0.2, 0) is 0 Å². The summed E-state index contributed by atoms with van der Waals surface area (Å²) in [5.74, 6) is -0.100. The molecule has 5 heteroatoms. The predicted octanol–water partition coefficient (Wildman–Crippen LogP) is 2.92. The normalized spacial score (nSPS) is 10.6. The first kappa shape index (κ1) is 13.3. The van der Waals surface area contributed by atoms with E-state index in [9.17, 15) is 4.79 Å². The molecule has 1 amide bonds. The van der Waals surface area contributed by atoms with Crippen LogP contribution in [0, 0.1) is 0 Å². The lowest BCUT2D eigenvalue weighted by molar-refractivity contribution is 0.0954.